The summed E-state index contributed by atoms with van der Waals surface area (Å²) in [6.45, 7) is 2.25. The monoisotopic (exact) mass is 286 g/mol. The van der Waals surface area contributed by atoms with E-state index in [9.17, 15) is 0 Å². The highest BCUT2D eigenvalue weighted by Gasteiger charge is 2.34. The van der Waals surface area contributed by atoms with E-state index in [4.69, 9.17) is 0 Å². The molecule has 0 N–H and O–H groups in total. The Morgan fingerprint density at radius 1 is 0.545 bits per heavy atom. The van der Waals surface area contributed by atoms with Crippen molar-refractivity contribution in [3.05, 3.63) is 84.9 Å². The van der Waals surface area contributed by atoms with Gasteiger partial charge in [-0.25, -0.2) is 0 Å². The van der Waals surface area contributed by atoms with Crippen LogP contribution in [0.3, 0.4) is 0 Å². The van der Waals surface area contributed by atoms with Gasteiger partial charge in [0.05, 0.1) is 11.4 Å². The van der Waals surface area contributed by atoms with Gasteiger partial charge in [-0.1, -0.05) is 48.5 Å². The summed E-state index contributed by atoms with van der Waals surface area (Å²) < 4.78 is 0. The normalized spacial score (nSPS) is 14.2. The van der Waals surface area contributed by atoms with Crippen LogP contribution < -0.4 is 9.80 Å². The molecule has 0 bridgehead atoms. The van der Waals surface area contributed by atoms with Gasteiger partial charge in [-0.3, -0.25) is 0 Å². The molecule has 0 unspecified atom stereocenters. The van der Waals surface area contributed by atoms with Crippen molar-refractivity contribution in [2.24, 2.45) is 0 Å². The van der Waals surface area contributed by atoms with Crippen molar-refractivity contribution in [2.75, 3.05) is 9.80 Å². The number of hydrogen-bond donors (Lipinski definition) is 0. The maximum Gasteiger partial charge on any atom is 0.108 e. The topological polar surface area (TPSA) is 6.48 Å². The van der Waals surface area contributed by atoms with Crippen molar-refractivity contribution in [3.8, 4) is 0 Å². The first-order chi connectivity index (χ1) is 10.9. The van der Waals surface area contributed by atoms with E-state index in [-0.39, 0.29) is 6.17 Å². The van der Waals surface area contributed by atoms with Crippen molar-refractivity contribution >= 4 is 22.7 Å². The summed E-state index contributed by atoms with van der Waals surface area (Å²) in [5, 5.41) is 0. The van der Waals surface area contributed by atoms with E-state index in [0.717, 1.165) is 0 Å². The van der Waals surface area contributed by atoms with Crippen LogP contribution in [0.15, 0.2) is 84.9 Å². The standard InChI is InChI=1S/C20H18N2/c1-16-21(17-10-4-2-5-11-17)19-14-8-9-15-20(19)22(16)18-12-6-3-7-13-18/h2-16H,1H3. The molecule has 0 fully saturated rings. The highest BCUT2D eigenvalue weighted by Crippen LogP contribution is 2.47. The minimum absolute atomic E-state index is 0.238. The minimum atomic E-state index is 0.238. The van der Waals surface area contributed by atoms with Crippen molar-refractivity contribution in [2.45, 2.75) is 13.1 Å². The molecule has 0 saturated carbocycles. The summed E-state index contributed by atoms with van der Waals surface area (Å²) in [6.07, 6.45) is 0.238. The average molecular weight is 286 g/mol. The van der Waals surface area contributed by atoms with E-state index in [1.54, 1.807) is 0 Å². The summed E-state index contributed by atoms with van der Waals surface area (Å²) in [7, 11) is 0. The van der Waals surface area contributed by atoms with Crippen molar-refractivity contribution in [3.63, 3.8) is 0 Å². The number of para-hydroxylation sites is 4. The molecule has 1 aliphatic heterocycles. The van der Waals surface area contributed by atoms with Crippen LogP contribution in [-0.2, 0) is 0 Å². The van der Waals surface area contributed by atoms with Crippen LogP contribution in [0.5, 0.6) is 0 Å². The minimum Gasteiger partial charge on any atom is -0.319 e. The summed E-state index contributed by atoms with van der Waals surface area (Å²) >= 11 is 0. The molecule has 3 aromatic carbocycles. The third-order valence-electron chi connectivity index (χ3n) is 4.22. The van der Waals surface area contributed by atoms with Gasteiger partial charge in [-0.2, -0.15) is 0 Å². The lowest BCUT2D eigenvalue weighted by Crippen LogP contribution is -2.35. The van der Waals surface area contributed by atoms with Gasteiger partial charge in [-0.05, 0) is 43.3 Å². The van der Waals surface area contributed by atoms with Crippen LogP contribution >= 0.6 is 0 Å². The molecule has 3 aromatic rings. The number of rotatable bonds is 2. The Kier molecular flexibility index (Phi) is 3.08. The first-order valence-electron chi connectivity index (χ1n) is 7.64. The Morgan fingerprint density at radius 3 is 1.32 bits per heavy atom. The summed E-state index contributed by atoms with van der Waals surface area (Å²) in [6, 6.07) is 29.8. The predicted molar refractivity (Wildman–Crippen MR) is 93.1 cm³/mol. The lowest BCUT2D eigenvalue weighted by atomic mass is 10.2. The van der Waals surface area contributed by atoms with Crippen LogP contribution in [-0.4, -0.2) is 6.17 Å². The molecule has 108 valence electrons. The molecule has 0 aliphatic carbocycles. The van der Waals surface area contributed by atoms with Crippen molar-refractivity contribution < 1.29 is 0 Å². The second kappa shape index (κ2) is 5.23. The van der Waals surface area contributed by atoms with Crippen molar-refractivity contribution in [1.29, 1.82) is 0 Å². The van der Waals surface area contributed by atoms with Crippen LogP contribution in [0.4, 0.5) is 22.7 Å². The average Bonchev–Trinajstić information content (AvgIpc) is 2.88. The molecule has 1 heterocycles. The summed E-state index contributed by atoms with van der Waals surface area (Å²) in [5.41, 5.74) is 4.96. The Labute approximate surface area is 131 Å². The lowest BCUT2D eigenvalue weighted by molar-refractivity contribution is 0.761. The van der Waals surface area contributed by atoms with Crippen molar-refractivity contribution in [1.82, 2.24) is 0 Å². The zero-order valence-corrected chi connectivity index (χ0v) is 12.6. The molecule has 0 saturated heterocycles. The van der Waals surface area contributed by atoms with E-state index in [0.29, 0.717) is 0 Å². The van der Waals surface area contributed by atoms with Gasteiger partial charge >= 0.3 is 0 Å². The molecule has 2 heteroatoms. The van der Waals surface area contributed by atoms with Crippen LogP contribution in [0, 0.1) is 0 Å². The first kappa shape index (κ1) is 13.0. The molecule has 2 nitrogen and oxygen atoms in total. The largest absolute Gasteiger partial charge is 0.319 e. The molecule has 0 amide bonds. The Morgan fingerprint density at radius 2 is 0.909 bits per heavy atom. The number of hydrogen-bond acceptors (Lipinski definition) is 2. The van der Waals surface area contributed by atoms with Gasteiger partial charge in [0.15, 0.2) is 0 Å². The van der Waals surface area contributed by atoms with Gasteiger partial charge in [-0.15, -0.1) is 0 Å². The molecule has 0 spiro atoms. The number of anilines is 4. The smallest absolute Gasteiger partial charge is 0.108 e. The predicted octanol–water partition coefficient (Wildman–Crippen LogP) is 5.32. The molecule has 0 aromatic heterocycles. The van der Waals surface area contributed by atoms with Gasteiger partial charge in [0.25, 0.3) is 0 Å². The van der Waals surface area contributed by atoms with E-state index in [2.05, 4.69) is 102 Å². The number of benzene rings is 3. The maximum absolute atomic E-state index is 2.39. The third kappa shape index (κ3) is 1.96. The van der Waals surface area contributed by atoms with E-state index in [1.165, 1.54) is 22.7 Å². The Bertz CT molecular complexity index is 701. The summed E-state index contributed by atoms with van der Waals surface area (Å²) in [5.74, 6) is 0. The fourth-order valence-electron chi connectivity index (χ4n) is 3.28. The van der Waals surface area contributed by atoms with Gasteiger partial charge in [0.2, 0.25) is 0 Å². The molecule has 0 radical (unpaired) electrons. The second-order valence-electron chi connectivity index (χ2n) is 5.53. The lowest BCUT2D eigenvalue weighted by Gasteiger charge is -2.30. The van der Waals surface area contributed by atoms with E-state index in [1.807, 2.05) is 0 Å². The molecule has 1 aliphatic rings. The highest BCUT2D eigenvalue weighted by molar-refractivity contribution is 5.87. The van der Waals surface area contributed by atoms with E-state index >= 15 is 0 Å². The van der Waals surface area contributed by atoms with Crippen LogP contribution in [0.25, 0.3) is 0 Å². The third-order valence-corrected chi connectivity index (χ3v) is 4.22. The van der Waals surface area contributed by atoms with Gasteiger partial charge in [0, 0.05) is 11.4 Å². The summed E-state index contributed by atoms with van der Waals surface area (Å²) in [4.78, 5) is 4.78. The highest BCUT2D eigenvalue weighted by atomic mass is 15.4. The fourth-order valence-corrected chi connectivity index (χ4v) is 3.28. The zero-order chi connectivity index (χ0) is 14.9. The Balaban J connectivity index is 1.87. The molecular weight excluding hydrogens is 268 g/mol. The second-order valence-corrected chi connectivity index (χ2v) is 5.53. The Hall–Kier alpha value is -2.74. The first-order valence-corrected chi connectivity index (χ1v) is 7.64. The number of nitrogens with zero attached hydrogens (tertiary/aromatic N) is 2. The zero-order valence-electron chi connectivity index (χ0n) is 12.6. The van der Waals surface area contributed by atoms with E-state index < -0.39 is 0 Å². The maximum atomic E-state index is 2.39. The van der Waals surface area contributed by atoms with Gasteiger partial charge < -0.3 is 9.80 Å². The molecule has 0 atom stereocenters. The molecule has 22 heavy (non-hydrogen) atoms. The number of fused-ring (bicyclic) bond motifs is 1. The van der Waals surface area contributed by atoms with Crippen LogP contribution in [0.1, 0.15) is 6.92 Å². The molecule has 4 rings (SSSR count). The SMILES string of the molecule is CC1N(c2ccccc2)c2ccccc2N1c1ccccc1. The van der Waals surface area contributed by atoms with Gasteiger partial charge in [0.1, 0.15) is 6.17 Å². The fraction of sp³-hybridized carbons (Fsp3) is 0.100. The van der Waals surface area contributed by atoms with Crippen LogP contribution in [0.2, 0.25) is 0 Å². The molecular formula is C20H18N2. The quantitative estimate of drug-likeness (QED) is 0.629.